The predicted octanol–water partition coefficient (Wildman–Crippen LogP) is 0.674. The molecule has 0 aromatic heterocycles. The number of hydrogen-bond donors (Lipinski definition) is 1. The van der Waals surface area contributed by atoms with Crippen molar-refractivity contribution in [2.75, 3.05) is 85.5 Å². The van der Waals surface area contributed by atoms with Gasteiger partial charge in [-0.1, -0.05) is 6.07 Å². The Balaban J connectivity index is 1.31. The SMILES string of the molecule is CCOc1cc(CN2C[C@H](O)[C@@H](N3CCOCC3)C2)ccc1OCCN1CCOCC1. The zero-order valence-electron chi connectivity index (χ0n) is 18.7. The largest absolute Gasteiger partial charge is 0.490 e. The number of aliphatic hydroxyl groups excluding tert-OH is 1. The van der Waals surface area contributed by atoms with E-state index in [1.165, 1.54) is 5.56 Å². The van der Waals surface area contributed by atoms with Crippen LogP contribution in [0.2, 0.25) is 0 Å². The van der Waals surface area contributed by atoms with E-state index in [-0.39, 0.29) is 12.1 Å². The van der Waals surface area contributed by atoms with Crippen molar-refractivity contribution in [3.05, 3.63) is 23.8 Å². The molecular weight excluding hydrogens is 398 g/mol. The Labute approximate surface area is 185 Å². The van der Waals surface area contributed by atoms with E-state index in [4.69, 9.17) is 18.9 Å². The molecule has 8 heteroatoms. The number of ether oxygens (including phenoxy) is 4. The minimum absolute atomic E-state index is 0.193. The van der Waals surface area contributed by atoms with E-state index in [9.17, 15) is 5.11 Å². The lowest BCUT2D eigenvalue weighted by Crippen LogP contribution is -2.48. The van der Waals surface area contributed by atoms with E-state index < -0.39 is 0 Å². The van der Waals surface area contributed by atoms with Gasteiger partial charge in [-0.25, -0.2) is 0 Å². The Morgan fingerprint density at radius 3 is 2.42 bits per heavy atom. The third-order valence-corrected chi connectivity index (χ3v) is 6.33. The van der Waals surface area contributed by atoms with Crippen LogP contribution < -0.4 is 9.47 Å². The normalized spacial score (nSPS) is 26.3. The van der Waals surface area contributed by atoms with Gasteiger partial charge in [-0.05, 0) is 24.6 Å². The maximum absolute atomic E-state index is 10.6. The fraction of sp³-hybridized carbons (Fsp3) is 0.739. The summed E-state index contributed by atoms with van der Waals surface area (Å²) in [7, 11) is 0. The molecule has 0 amide bonds. The average Bonchev–Trinajstić information content (AvgIpc) is 3.16. The van der Waals surface area contributed by atoms with Crippen LogP contribution in [0.3, 0.4) is 0 Å². The fourth-order valence-electron chi connectivity index (χ4n) is 4.65. The van der Waals surface area contributed by atoms with Crippen molar-refractivity contribution >= 4 is 0 Å². The number of nitrogens with zero attached hydrogens (tertiary/aromatic N) is 3. The molecule has 1 aromatic carbocycles. The second kappa shape index (κ2) is 11.4. The number of morpholine rings is 2. The van der Waals surface area contributed by atoms with E-state index in [2.05, 4.69) is 26.8 Å². The lowest BCUT2D eigenvalue weighted by atomic mass is 10.1. The predicted molar refractivity (Wildman–Crippen MR) is 118 cm³/mol. The summed E-state index contributed by atoms with van der Waals surface area (Å²) < 4.78 is 22.8. The molecule has 3 aliphatic rings. The Hall–Kier alpha value is -1.42. The number of aliphatic hydroxyl groups is 1. The maximum Gasteiger partial charge on any atom is 0.161 e. The van der Waals surface area contributed by atoms with Gasteiger partial charge in [0.05, 0.1) is 39.1 Å². The van der Waals surface area contributed by atoms with Crippen molar-refractivity contribution in [3.8, 4) is 11.5 Å². The maximum atomic E-state index is 10.6. The van der Waals surface area contributed by atoms with Gasteiger partial charge < -0.3 is 24.1 Å². The minimum Gasteiger partial charge on any atom is -0.490 e. The van der Waals surface area contributed by atoms with E-state index in [0.29, 0.717) is 19.8 Å². The molecule has 0 radical (unpaired) electrons. The number of β-amino-alcohol motifs (C(OH)–C–C–N with tert-alkyl or cyclic N) is 1. The molecular formula is C23H37N3O5. The highest BCUT2D eigenvalue weighted by Gasteiger charge is 2.36. The second-order valence-electron chi connectivity index (χ2n) is 8.49. The molecule has 174 valence electrons. The summed E-state index contributed by atoms with van der Waals surface area (Å²) in [6, 6.07) is 6.41. The summed E-state index contributed by atoms with van der Waals surface area (Å²) in [5, 5.41) is 10.6. The van der Waals surface area contributed by atoms with Crippen LogP contribution in [-0.2, 0) is 16.0 Å². The molecule has 0 spiro atoms. The number of benzene rings is 1. The first-order chi connectivity index (χ1) is 15.2. The Morgan fingerprint density at radius 1 is 0.935 bits per heavy atom. The van der Waals surface area contributed by atoms with Crippen LogP contribution in [0.15, 0.2) is 18.2 Å². The lowest BCUT2D eigenvalue weighted by Gasteiger charge is -2.33. The van der Waals surface area contributed by atoms with Crippen molar-refractivity contribution in [2.24, 2.45) is 0 Å². The van der Waals surface area contributed by atoms with Crippen molar-refractivity contribution < 1.29 is 24.1 Å². The Morgan fingerprint density at radius 2 is 1.68 bits per heavy atom. The van der Waals surface area contributed by atoms with Crippen molar-refractivity contribution in [3.63, 3.8) is 0 Å². The molecule has 0 unspecified atom stereocenters. The molecule has 1 N–H and O–H groups in total. The molecule has 4 rings (SSSR count). The number of rotatable bonds is 9. The molecule has 31 heavy (non-hydrogen) atoms. The zero-order valence-corrected chi connectivity index (χ0v) is 18.7. The van der Waals surface area contributed by atoms with Crippen LogP contribution in [0.25, 0.3) is 0 Å². The first-order valence-electron chi connectivity index (χ1n) is 11.6. The summed E-state index contributed by atoms with van der Waals surface area (Å²) in [4.78, 5) is 7.06. The fourth-order valence-corrected chi connectivity index (χ4v) is 4.65. The Bertz CT molecular complexity index is 679. The quantitative estimate of drug-likeness (QED) is 0.607. The summed E-state index contributed by atoms with van der Waals surface area (Å²) in [5.74, 6) is 1.60. The molecule has 3 aliphatic heterocycles. The average molecular weight is 436 g/mol. The van der Waals surface area contributed by atoms with Crippen LogP contribution >= 0.6 is 0 Å². The smallest absolute Gasteiger partial charge is 0.161 e. The van der Waals surface area contributed by atoms with Crippen LogP contribution in [0.4, 0.5) is 0 Å². The third kappa shape index (κ3) is 6.31. The van der Waals surface area contributed by atoms with Gasteiger partial charge in [0.15, 0.2) is 11.5 Å². The summed E-state index contributed by atoms with van der Waals surface area (Å²) in [6.07, 6.45) is -0.313. The van der Waals surface area contributed by atoms with Crippen LogP contribution in [0, 0.1) is 0 Å². The van der Waals surface area contributed by atoms with Crippen LogP contribution in [0.1, 0.15) is 12.5 Å². The van der Waals surface area contributed by atoms with E-state index >= 15 is 0 Å². The van der Waals surface area contributed by atoms with Crippen molar-refractivity contribution in [1.29, 1.82) is 0 Å². The molecule has 0 aliphatic carbocycles. The van der Waals surface area contributed by atoms with Gasteiger partial charge in [-0.3, -0.25) is 14.7 Å². The number of likely N-dealkylation sites (tertiary alicyclic amines) is 1. The van der Waals surface area contributed by atoms with Crippen LogP contribution in [0.5, 0.6) is 11.5 Å². The van der Waals surface area contributed by atoms with Crippen molar-refractivity contribution in [2.45, 2.75) is 25.6 Å². The molecule has 3 fully saturated rings. The van der Waals surface area contributed by atoms with Gasteiger partial charge in [0.1, 0.15) is 6.61 Å². The zero-order chi connectivity index (χ0) is 21.5. The minimum atomic E-state index is -0.313. The standard InChI is InChI=1S/C23H37N3O5/c1-2-30-23-15-19(3-4-22(23)31-14-7-24-5-10-28-11-6-24)16-25-17-20(21(27)18-25)26-8-12-29-13-9-26/h3-4,15,20-21,27H,2,5-14,16-18H2,1H3/t20-,21-/m0/s1. The summed E-state index contributed by atoms with van der Waals surface area (Å²) in [5.41, 5.74) is 1.18. The first-order valence-corrected chi connectivity index (χ1v) is 11.6. The molecule has 1 aromatic rings. The highest BCUT2D eigenvalue weighted by molar-refractivity contribution is 5.43. The van der Waals surface area contributed by atoms with Gasteiger partial charge >= 0.3 is 0 Å². The first kappa shape index (κ1) is 22.8. The Kier molecular flexibility index (Phi) is 8.40. The lowest BCUT2D eigenvalue weighted by molar-refractivity contribution is -0.00618. The van der Waals surface area contributed by atoms with E-state index in [1.54, 1.807) is 0 Å². The second-order valence-corrected chi connectivity index (χ2v) is 8.49. The molecule has 0 bridgehead atoms. The molecule has 2 atom stereocenters. The van der Waals surface area contributed by atoms with Crippen LogP contribution in [-0.4, -0.2) is 117 Å². The number of hydrogen-bond acceptors (Lipinski definition) is 8. The molecule has 8 nitrogen and oxygen atoms in total. The third-order valence-electron chi connectivity index (χ3n) is 6.33. The highest BCUT2D eigenvalue weighted by Crippen LogP contribution is 2.30. The van der Waals surface area contributed by atoms with E-state index in [0.717, 1.165) is 83.7 Å². The molecule has 0 saturated carbocycles. The molecule has 3 heterocycles. The molecule has 3 saturated heterocycles. The summed E-state index contributed by atoms with van der Waals surface area (Å²) >= 11 is 0. The summed E-state index contributed by atoms with van der Waals surface area (Å²) in [6.45, 7) is 13.4. The van der Waals surface area contributed by atoms with Gasteiger partial charge in [0.25, 0.3) is 0 Å². The monoisotopic (exact) mass is 435 g/mol. The van der Waals surface area contributed by atoms with Crippen molar-refractivity contribution in [1.82, 2.24) is 14.7 Å². The topological polar surface area (TPSA) is 66.9 Å². The van der Waals surface area contributed by atoms with Gasteiger partial charge in [0, 0.05) is 58.4 Å². The van der Waals surface area contributed by atoms with E-state index in [1.807, 2.05) is 13.0 Å². The van der Waals surface area contributed by atoms with Gasteiger partial charge in [-0.2, -0.15) is 0 Å². The van der Waals surface area contributed by atoms with Gasteiger partial charge in [-0.15, -0.1) is 0 Å². The highest BCUT2D eigenvalue weighted by atomic mass is 16.5. The van der Waals surface area contributed by atoms with Gasteiger partial charge in [0.2, 0.25) is 0 Å².